The molecular weight excluding hydrogens is 372 g/mol. The normalized spacial score (nSPS) is 22.6. The zero-order valence-corrected chi connectivity index (χ0v) is 13.2. The van der Waals surface area contributed by atoms with Gasteiger partial charge in [-0.25, -0.2) is 13.4 Å². The van der Waals surface area contributed by atoms with Gasteiger partial charge in [0.15, 0.2) is 9.84 Å². The monoisotopic (exact) mass is 382 g/mol. The van der Waals surface area contributed by atoms with E-state index in [9.17, 15) is 8.42 Å². The van der Waals surface area contributed by atoms with Crippen molar-refractivity contribution in [2.24, 2.45) is 0 Å². The van der Waals surface area contributed by atoms with E-state index in [-0.39, 0.29) is 17.5 Å². The number of pyridine rings is 1. The second-order valence-electron chi connectivity index (χ2n) is 4.13. The van der Waals surface area contributed by atoms with Crippen LogP contribution in [0.3, 0.4) is 0 Å². The lowest BCUT2D eigenvalue weighted by Crippen LogP contribution is -2.33. The summed E-state index contributed by atoms with van der Waals surface area (Å²) >= 11 is 6.78. The molecule has 0 spiro atoms. The van der Waals surface area contributed by atoms with Crippen molar-refractivity contribution in [3.8, 4) is 0 Å². The average molecular weight is 384 g/mol. The van der Waals surface area contributed by atoms with Crippen LogP contribution in [-0.4, -0.2) is 38.0 Å². The first-order chi connectivity index (χ1) is 7.89. The Kier molecular flexibility index (Phi) is 3.80. The fraction of sp³-hybridized carbons (Fsp3) is 0.500. The van der Waals surface area contributed by atoms with Crippen LogP contribution in [0.15, 0.2) is 21.2 Å². The van der Waals surface area contributed by atoms with Gasteiger partial charge in [0, 0.05) is 23.8 Å². The van der Waals surface area contributed by atoms with E-state index in [2.05, 4.69) is 36.8 Å². The Bertz CT molecular complexity index is 533. The zero-order chi connectivity index (χ0) is 12.6. The minimum atomic E-state index is -2.86. The Morgan fingerprint density at radius 2 is 2.18 bits per heavy atom. The van der Waals surface area contributed by atoms with E-state index in [1.165, 1.54) is 0 Å². The molecule has 1 atom stereocenters. The molecule has 94 valence electrons. The van der Waals surface area contributed by atoms with Crippen molar-refractivity contribution in [2.45, 2.75) is 12.5 Å². The third kappa shape index (κ3) is 3.00. The van der Waals surface area contributed by atoms with Gasteiger partial charge in [0.2, 0.25) is 0 Å². The Morgan fingerprint density at radius 1 is 1.47 bits per heavy atom. The Hall–Kier alpha value is -0.140. The molecule has 4 nitrogen and oxygen atoms in total. The van der Waals surface area contributed by atoms with E-state index in [4.69, 9.17) is 0 Å². The van der Waals surface area contributed by atoms with Gasteiger partial charge in [-0.15, -0.1) is 0 Å². The molecule has 0 radical (unpaired) electrons. The highest BCUT2D eigenvalue weighted by atomic mass is 79.9. The molecule has 0 N–H and O–H groups in total. The maximum atomic E-state index is 11.4. The summed E-state index contributed by atoms with van der Waals surface area (Å²) in [5.41, 5.74) is 0. The minimum Gasteiger partial charge on any atom is -0.355 e. The number of sulfone groups is 1. The second-order valence-corrected chi connectivity index (χ2v) is 8.13. The molecule has 0 aromatic carbocycles. The van der Waals surface area contributed by atoms with Gasteiger partial charge in [-0.1, -0.05) is 0 Å². The molecule has 7 heteroatoms. The van der Waals surface area contributed by atoms with Crippen LogP contribution in [-0.2, 0) is 9.84 Å². The summed E-state index contributed by atoms with van der Waals surface area (Å²) in [6, 6.07) is 1.92. The van der Waals surface area contributed by atoms with Crippen LogP contribution in [0.25, 0.3) is 0 Å². The van der Waals surface area contributed by atoms with Gasteiger partial charge in [-0.2, -0.15) is 0 Å². The highest BCUT2D eigenvalue weighted by Gasteiger charge is 2.31. The Morgan fingerprint density at radius 3 is 2.71 bits per heavy atom. The largest absolute Gasteiger partial charge is 0.355 e. The predicted molar refractivity (Wildman–Crippen MR) is 75.1 cm³/mol. The molecular formula is C10H12Br2N2O2S. The number of aromatic nitrogens is 1. The molecule has 0 saturated carbocycles. The molecule has 1 unspecified atom stereocenters. The second kappa shape index (κ2) is 4.85. The highest BCUT2D eigenvalue weighted by Crippen LogP contribution is 2.29. The van der Waals surface area contributed by atoms with Gasteiger partial charge in [0.1, 0.15) is 5.82 Å². The lowest BCUT2D eigenvalue weighted by molar-refractivity contribution is 0.600. The van der Waals surface area contributed by atoms with Gasteiger partial charge in [0.05, 0.1) is 16.0 Å². The standard InChI is InChI=1S/C10H12Br2N2O2S/c1-14(8-2-3-17(15,16)6-8)10-9(12)4-7(11)5-13-10/h4-5,8H,2-3,6H2,1H3. The summed E-state index contributed by atoms with van der Waals surface area (Å²) < 4.78 is 24.6. The fourth-order valence-electron chi connectivity index (χ4n) is 1.92. The summed E-state index contributed by atoms with van der Waals surface area (Å²) in [7, 11) is -0.982. The average Bonchev–Trinajstić information content (AvgIpc) is 2.58. The maximum absolute atomic E-state index is 11.4. The molecule has 1 saturated heterocycles. The van der Waals surface area contributed by atoms with E-state index in [0.717, 1.165) is 14.8 Å². The van der Waals surface area contributed by atoms with Crippen molar-refractivity contribution in [3.63, 3.8) is 0 Å². The lowest BCUT2D eigenvalue weighted by Gasteiger charge is -2.25. The lowest BCUT2D eigenvalue weighted by atomic mass is 10.2. The zero-order valence-electron chi connectivity index (χ0n) is 9.23. The molecule has 1 fully saturated rings. The molecule has 2 heterocycles. The molecule has 1 aromatic rings. The van der Waals surface area contributed by atoms with E-state index in [1.54, 1.807) is 6.20 Å². The van der Waals surface area contributed by atoms with Gasteiger partial charge >= 0.3 is 0 Å². The first kappa shape index (κ1) is 13.3. The predicted octanol–water partition coefficient (Wildman–Crippen LogP) is 2.23. The number of hydrogen-bond donors (Lipinski definition) is 0. The van der Waals surface area contributed by atoms with Gasteiger partial charge < -0.3 is 4.90 Å². The molecule has 0 amide bonds. The molecule has 2 rings (SSSR count). The highest BCUT2D eigenvalue weighted by molar-refractivity contribution is 9.11. The summed E-state index contributed by atoms with van der Waals surface area (Å²) in [5.74, 6) is 1.26. The van der Waals surface area contributed by atoms with Crippen molar-refractivity contribution >= 4 is 47.5 Å². The molecule has 0 bridgehead atoms. The molecule has 1 aromatic heterocycles. The van der Waals surface area contributed by atoms with Crippen molar-refractivity contribution in [2.75, 3.05) is 23.5 Å². The van der Waals surface area contributed by atoms with Crippen LogP contribution >= 0.6 is 31.9 Å². The third-order valence-electron chi connectivity index (χ3n) is 2.88. The van der Waals surface area contributed by atoms with Crippen LogP contribution in [0.1, 0.15) is 6.42 Å². The molecule has 1 aliphatic heterocycles. The van der Waals surface area contributed by atoms with Gasteiger partial charge in [-0.05, 0) is 44.3 Å². The number of halogens is 2. The van der Waals surface area contributed by atoms with E-state index >= 15 is 0 Å². The van der Waals surface area contributed by atoms with Gasteiger partial charge in [0.25, 0.3) is 0 Å². The van der Waals surface area contributed by atoms with Crippen molar-refractivity contribution in [1.82, 2.24) is 4.98 Å². The number of anilines is 1. The first-order valence-corrected chi connectivity index (χ1v) is 8.54. The van der Waals surface area contributed by atoms with Crippen LogP contribution < -0.4 is 4.90 Å². The molecule has 17 heavy (non-hydrogen) atoms. The number of rotatable bonds is 2. The van der Waals surface area contributed by atoms with Crippen LogP contribution in [0.5, 0.6) is 0 Å². The van der Waals surface area contributed by atoms with E-state index < -0.39 is 9.84 Å². The van der Waals surface area contributed by atoms with Crippen LogP contribution in [0, 0.1) is 0 Å². The van der Waals surface area contributed by atoms with Crippen molar-refractivity contribution < 1.29 is 8.42 Å². The van der Waals surface area contributed by atoms with E-state index in [1.807, 2.05) is 18.0 Å². The summed E-state index contributed by atoms with van der Waals surface area (Å²) in [4.78, 5) is 6.24. The topological polar surface area (TPSA) is 50.3 Å². The molecule has 1 aliphatic rings. The van der Waals surface area contributed by atoms with Gasteiger partial charge in [-0.3, -0.25) is 0 Å². The smallest absolute Gasteiger partial charge is 0.152 e. The number of nitrogens with zero attached hydrogens (tertiary/aromatic N) is 2. The number of hydrogen-bond acceptors (Lipinski definition) is 4. The summed E-state index contributed by atoms with van der Waals surface area (Å²) in [6.07, 6.45) is 2.38. The minimum absolute atomic E-state index is 0.0185. The first-order valence-electron chi connectivity index (χ1n) is 5.13. The van der Waals surface area contributed by atoms with Crippen molar-refractivity contribution in [3.05, 3.63) is 21.2 Å². The summed E-state index contributed by atoms with van der Waals surface area (Å²) in [5, 5.41) is 0. The van der Waals surface area contributed by atoms with Crippen LogP contribution in [0.4, 0.5) is 5.82 Å². The third-order valence-corrected chi connectivity index (χ3v) is 5.65. The SMILES string of the molecule is CN(c1ncc(Br)cc1Br)C1CCS(=O)(=O)C1. The quantitative estimate of drug-likeness (QED) is 0.785. The van der Waals surface area contributed by atoms with Crippen LogP contribution in [0.2, 0.25) is 0 Å². The van der Waals surface area contributed by atoms with E-state index in [0.29, 0.717) is 6.42 Å². The Balaban J connectivity index is 2.23. The summed E-state index contributed by atoms with van der Waals surface area (Å²) in [6.45, 7) is 0. The Labute approximate surface area is 118 Å². The molecule has 0 aliphatic carbocycles. The fourth-order valence-corrected chi connectivity index (χ4v) is 4.96. The van der Waals surface area contributed by atoms with Crippen molar-refractivity contribution in [1.29, 1.82) is 0 Å². The maximum Gasteiger partial charge on any atom is 0.152 e.